The second kappa shape index (κ2) is 4.61. The number of hydrogen-bond donors (Lipinski definition) is 2. The molecule has 0 aliphatic heterocycles. The topological polar surface area (TPSA) is 107 Å². The van der Waals surface area contributed by atoms with E-state index in [4.69, 9.17) is 10.4 Å². The molecule has 0 saturated heterocycles. The molecule has 0 spiro atoms. The van der Waals surface area contributed by atoms with Crippen molar-refractivity contribution in [3.05, 3.63) is 17.0 Å². The number of sulfonamides is 1. The lowest BCUT2D eigenvalue weighted by Gasteiger charge is -2.07. The molecule has 2 N–H and O–H groups in total. The third kappa shape index (κ3) is 2.79. The number of nitrogens with zero attached hydrogens (tertiary/aromatic N) is 1. The average molecular weight is 260 g/mol. The molecule has 1 atom stereocenters. The van der Waals surface area contributed by atoms with Crippen molar-refractivity contribution in [3.63, 3.8) is 0 Å². The molecule has 0 fully saturated rings. The van der Waals surface area contributed by atoms with Crippen molar-refractivity contribution in [1.82, 2.24) is 4.72 Å². The lowest BCUT2D eigenvalue weighted by Crippen LogP contribution is -2.37. The third-order valence-corrected chi connectivity index (χ3v) is 4.68. The van der Waals surface area contributed by atoms with Crippen LogP contribution in [-0.4, -0.2) is 25.5 Å². The summed E-state index contributed by atoms with van der Waals surface area (Å²) in [6.07, 6.45) is 0. The highest BCUT2D eigenvalue weighted by molar-refractivity contribution is 7.91. The number of carbonyl (C=O) groups is 1. The molecule has 0 saturated carbocycles. The van der Waals surface area contributed by atoms with Gasteiger partial charge in [-0.1, -0.05) is 0 Å². The molecule has 0 radical (unpaired) electrons. The van der Waals surface area contributed by atoms with Crippen molar-refractivity contribution in [1.29, 1.82) is 5.26 Å². The summed E-state index contributed by atoms with van der Waals surface area (Å²) in [5.74, 6) is -1.26. The summed E-state index contributed by atoms with van der Waals surface area (Å²) in [6, 6.07) is 3.22. The van der Waals surface area contributed by atoms with E-state index in [1.54, 1.807) is 6.07 Å². The Kier molecular flexibility index (Phi) is 3.64. The predicted molar refractivity (Wildman–Crippen MR) is 56.5 cm³/mol. The lowest BCUT2D eigenvalue weighted by atomic mass is 10.4. The van der Waals surface area contributed by atoms with Crippen LogP contribution in [0.15, 0.2) is 16.3 Å². The van der Waals surface area contributed by atoms with Gasteiger partial charge in [0.2, 0.25) is 0 Å². The fraction of sp³-hybridized carbons (Fsp3) is 0.250. The van der Waals surface area contributed by atoms with E-state index in [1.165, 1.54) is 19.1 Å². The monoisotopic (exact) mass is 260 g/mol. The standard InChI is InChI=1S/C8H8N2O4S2/c1-5(8(11)12)10-16(13,14)7-3-2-6(4-9)15-7/h2-3,5,10H,1H3,(H,11,12)/t5-/m0/s1. The Morgan fingerprint density at radius 1 is 1.62 bits per heavy atom. The van der Waals surface area contributed by atoms with Gasteiger partial charge in [0.25, 0.3) is 10.0 Å². The number of carboxylic acids is 1. The zero-order valence-electron chi connectivity index (χ0n) is 8.17. The number of carboxylic acid groups (broad SMARTS) is 1. The highest BCUT2D eigenvalue weighted by Crippen LogP contribution is 2.20. The fourth-order valence-electron chi connectivity index (χ4n) is 0.866. The molecule has 0 aliphatic rings. The Hall–Kier alpha value is -1.43. The Morgan fingerprint density at radius 2 is 2.25 bits per heavy atom. The van der Waals surface area contributed by atoms with Gasteiger partial charge >= 0.3 is 5.97 Å². The van der Waals surface area contributed by atoms with Gasteiger partial charge in [0, 0.05) is 0 Å². The number of nitrogens with one attached hydrogen (secondary N) is 1. The van der Waals surface area contributed by atoms with Crippen LogP contribution in [-0.2, 0) is 14.8 Å². The van der Waals surface area contributed by atoms with Crippen LogP contribution >= 0.6 is 11.3 Å². The van der Waals surface area contributed by atoms with Gasteiger partial charge in [0.1, 0.15) is 21.2 Å². The van der Waals surface area contributed by atoms with Gasteiger partial charge in [-0.05, 0) is 19.1 Å². The number of nitriles is 1. The molecule has 0 amide bonds. The van der Waals surface area contributed by atoms with E-state index in [0.717, 1.165) is 11.3 Å². The summed E-state index contributed by atoms with van der Waals surface area (Å²) >= 11 is 0.789. The summed E-state index contributed by atoms with van der Waals surface area (Å²) < 4.78 is 25.1. The fourth-order valence-corrected chi connectivity index (χ4v) is 3.18. The smallest absolute Gasteiger partial charge is 0.321 e. The Bertz CT molecular complexity index is 541. The largest absolute Gasteiger partial charge is 0.480 e. The molecule has 86 valence electrons. The molecule has 1 rings (SSSR count). The van der Waals surface area contributed by atoms with E-state index in [-0.39, 0.29) is 9.09 Å². The second-order valence-electron chi connectivity index (χ2n) is 2.91. The molecule has 8 heteroatoms. The molecule has 1 aromatic heterocycles. The summed E-state index contributed by atoms with van der Waals surface area (Å²) in [6.45, 7) is 1.22. The van der Waals surface area contributed by atoms with Crippen LogP contribution in [0.2, 0.25) is 0 Å². The van der Waals surface area contributed by atoms with Gasteiger partial charge in [-0.25, -0.2) is 8.42 Å². The summed E-state index contributed by atoms with van der Waals surface area (Å²) in [5, 5.41) is 17.1. The van der Waals surface area contributed by atoms with Gasteiger partial charge in [-0.3, -0.25) is 4.79 Å². The number of rotatable bonds is 4. The minimum atomic E-state index is -3.86. The quantitative estimate of drug-likeness (QED) is 0.813. The molecule has 16 heavy (non-hydrogen) atoms. The van der Waals surface area contributed by atoms with Crippen LogP contribution in [0.1, 0.15) is 11.8 Å². The molecular formula is C8H8N2O4S2. The number of thiophene rings is 1. The number of hydrogen-bond acceptors (Lipinski definition) is 5. The van der Waals surface area contributed by atoms with E-state index < -0.39 is 22.0 Å². The van der Waals surface area contributed by atoms with Crippen molar-refractivity contribution in [2.45, 2.75) is 17.2 Å². The van der Waals surface area contributed by atoms with Crippen molar-refractivity contribution in [3.8, 4) is 6.07 Å². The van der Waals surface area contributed by atoms with Crippen molar-refractivity contribution < 1.29 is 18.3 Å². The van der Waals surface area contributed by atoms with Gasteiger partial charge in [-0.15, -0.1) is 11.3 Å². The summed E-state index contributed by atoms with van der Waals surface area (Å²) in [5.41, 5.74) is 0. The first-order valence-corrected chi connectivity index (χ1v) is 6.42. The van der Waals surface area contributed by atoms with E-state index in [2.05, 4.69) is 0 Å². The molecule has 6 nitrogen and oxygen atoms in total. The SMILES string of the molecule is C[C@H](NS(=O)(=O)c1ccc(C#N)s1)C(=O)O. The van der Waals surface area contributed by atoms with E-state index in [9.17, 15) is 13.2 Å². The van der Waals surface area contributed by atoms with Gasteiger partial charge in [-0.2, -0.15) is 9.98 Å². The molecule has 0 bridgehead atoms. The Labute approximate surface area is 96.2 Å². The van der Waals surface area contributed by atoms with Gasteiger partial charge < -0.3 is 5.11 Å². The second-order valence-corrected chi connectivity index (χ2v) is 5.94. The zero-order chi connectivity index (χ0) is 12.3. The minimum absolute atomic E-state index is 0.0721. The highest BCUT2D eigenvalue weighted by Gasteiger charge is 2.22. The molecule has 1 heterocycles. The van der Waals surface area contributed by atoms with Crippen LogP contribution < -0.4 is 4.72 Å². The summed E-state index contributed by atoms with van der Waals surface area (Å²) in [4.78, 5) is 10.7. The molecular weight excluding hydrogens is 252 g/mol. The van der Waals surface area contributed by atoms with E-state index in [0.29, 0.717) is 0 Å². The maximum absolute atomic E-state index is 11.6. The molecule has 1 aromatic rings. The van der Waals surface area contributed by atoms with Crippen LogP contribution in [0, 0.1) is 11.3 Å². The highest BCUT2D eigenvalue weighted by atomic mass is 32.2. The van der Waals surface area contributed by atoms with Crippen LogP contribution in [0.25, 0.3) is 0 Å². The predicted octanol–water partition coefficient (Wildman–Crippen LogP) is 0.371. The normalized spacial score (nSPS) is 13.0. The Morgan fingerprint density at radius 3 is 2.69 bits per heavy atom. The van der Waals surface area contributed by atoms with Gasteiger partial charge in [0.15, 0.2) is 0 Å². The first-order chi connectivity index (χ1) is 7.36. The molecule has 0 unspecified atom stereocenters. The zero-order valence-corrected chi connectivity index (χ0v) is 9.80. The maximum Gasteiger partial charge on any atom is 0.321 e. The van der Waals surface area contributed by atoms with Crippen LogP contribution in [0.5, 0.6) is 0 Å². The third-order valence-electron chi connectivity index (χ3n) is 1.66. The molecule has 0 aliphatic carbocycles. The summed E-state index contributed by atoms with van der Waals surface area (Å²) in [7, 11) is -3.86. The first-order valence-electron chi connectivity index (χ1n) is 4.12. The van der Waals surface area contributed by atoms with Crippen molar-refractivity contribution >= 4 is 27.3 Å². The number of aliphatic carboxylic acids is 1. The molecule has 0 aromatic carbocycles. The van der Waals surface area contributed by atoms with E-state index >= 15 is 0 Å². The van der Waals surface area contributed by atoms with Crippen molar-refractivity contribution in [2.75, 3.05) is 0 Å². The van der Waals surface area contributed by atoms with E-state index in [1.807, 2.05) is 4.72 Å². The minimum Gasteiger partial charge on any atom is -0.480 e. The Balaban J connectivity index is 2.95. The first kappa shape index (κ1) is 12.6. The maximum atomic E-state index is 11.6. The average Bonchev–Trinajstić information content (AvgIpc) is 2.65. The van der Waals surface area contributed by atoms with Crippen LogP contribution in [0.3, 0.4) is 0 Å². The van der Waals surface area contributed by atoms with Gasteiger partial charge in [0.05, 0.1) is 0 Å². The van der Waals surface area contributed by atoms with Crippen molar-refractivity contribution in [2.24, 2.45) is 0 Å². The lowest BCUT2D eigenvalue weighted by molar-refractivity contribution is -0.138. The van der Waals surface area contributed by atoms with Crippen LogP contribution in [0.4, 0.5) is 0 Å².